The molecule has 0 atom stereocenters. The average molecular weight is 314 g/mol. The van der Waals surface area contributed by atoms with Crippen LogP contribution in [-0.4, -0.2) is 24.2 Å². The van der Waals surface area contributed by atoms with E-state index in [4.69, 9.17) is 0 Å². The van der Waals surface area contributed by atoms with Crippen LogP contribution >= 0.6 is 0 Å². The molecular weight excluding hydrogens is 280 g/mol. The molecule has 0 aliphatic carbocycles. The van der Waals surface area contributed by atoms with Crippen LogP contribution in [0.2, 0.25) is 73.6 Å². The average Bonchev–Trinajstić information content (AvgIpc) is 1.70. The van der Waals surface area contributed by atoms with Crippen LogP contribution in [0.25, 0.3) is 0 Å². The van der Waals surface area contributed by atoms with E-state index in [0.29, 0.717) is 0 Å². The van der Waals surface area contributed by atoms with Crippen molar-refractivity contribution < 1.29 is 14.1 Å². The summed E-state index contributed by atoms with van der Waals surface area (Å²) < 4.78 is 0. The van der Waals surface area contributed by atoms with Crippen LogP contribution in [0.4, 0.5) is 0 Å². The van der Waals surface area contributed by atoms with Crippen molar-refractivity contribution in [3.05, 3.63) is 0 Å². The van der Waals surface area contributed by atoms with E-state index in [9.17, 15) is 0 Å². The van der Waals surface area contributed by atoms with Crippen LogP contribution in [0, 0.1) is 0 Å². The van der Waals surface area contributed by atoms with Crippen molar-refractivity contribution in [3.8, 4) is 0 Å². The summed E-state index contributed by atoms with van der Waals surface area (Å²) in [6.07, 6.45) is 0. The molecule has 0 N–H and O–H groups in total. The molecule has 16 heavy (non-hydrogen) atoms. The Morgan fingerprint density at radius 3 is 0.812 bits per heavy atom. The molecule has 0 aromatic carbocycles. The summed E-state index contributed by atoms with van der Waals surface area (Å²) in [5, 5.41) is 0. The zero-order valence-electron chi connectivity index (χ0n) is 13.0. The first-order valence-corrected chi connectivity index (χ1v) is 20.3. The maximum absolute atomic E-state index is 2.57. The normalized spacial score (nSPS) is 14.6. The summed E-state index contributed by atoms with van der Waals surface area (Å²) in [5.41, 5.74) is 0. The van der Waals surface area contributed by atoms with Gasteiger partial charge in [0.15, 0.2) is 0 Å². The van der Waals surface area contributed by atoms with Crippen molar-refractivity contribution in [2.45, 2.75) is 73.6 Å². The quantitative estimate of drug-likeness (QED) is 0.569. The summed E-state index contributed by atoms with van der Waals surface area (Å²) >= 11 is -0.277. The van der Waals surface area contributed by atoms with Gasteiger partial charge in [-0.25, -0.2) is 0 Å². The molecule has 0 fully saturated rings. The summed E-state index contributed by atoms with van der Waals surface area (Å²) in [5.74, 6) is 0. The number of rotatable bonds is 6. The summed E-state index contributed by atoms with van der Waals surface area (Å²) in [6.45, 7) is 23.1. The van der Waals surface area contributed by atoms with Gasteiger partial charge in [-0.1, -0.05) is 0 Å². The van der Waals surface area contributed by atoms with Gasteiger partial charge in [-0.15, -0.1) is 0 Å². The van der Waals surface area contributed by atoms with Crippen LogP contribution in [0.5, 0.6) is 0 Å². The summed E-state index contributed by atoms with van der Waals surface area (Å²) in [6, 6.07) is 0. The molecular formula is C12H33CrSi3. The van der Waals surface area contributed by atoms with Gasteiger partial charge in [0.05, 0.1) is 0 Å². The molecule has 0 aliphatic rings. The first kappa shape index (κ1) is 17.2. The van der Waals surface area contributed by atoms with Gasteiger partial charge in [0, 0.05) is 0 Å². The minimum atomic E-state index is -0.820. The fraction of sp³-hybridized carbons (Fsp3) is 1.00. The predicted molar refractivity (Wildman–Crippen MR) is 84.5 cm³/mol. The van der Waals surface area contributed by atoms with E-state index in [1.54, 1.807) is 14.7 Å². The predicted octanol–water partition coefficient (Wildman–Crippen LogP) is 5.49. The second-order valence-corrected chi connectivity index (χ2v) is 30.9. The SMILES string of the molecule is C[Si](C)(C)[CH2][Cr]([CH2][Si](C)(C)C)[CH2][Si](C)(C)C. The first-order chi connectivity index (χ1) is 6.79. The third-order valence-corrected chi connectivity index (χ3v) is 23.6. The van der Waals surface area contributed by atoms with E-state index < -0.39 is 24.2 Å². The molecule has 0 rings (SSSR count). The van der Waals surface area contributed by atoms with Gasteiger partial charge in [-0.3, -0.25) is 0 Å². The van der Waals surface area contributed by atoms with Gasteiger partial charge in [0.2, 0.25) is 0 Å². The molecule has 0 bridgehead atoms. The molecule has 0 aromatic heterocycles. The molecule has 99 valence electrons. The van der Waals surface area contributed by atoms with E-state index in [2.05, 4.69) is 58.9 Å². The zero-order chi connectivity index (χ0) is 13.2. The Hall–Kier alpha value is 1.18. The third kappa shape index (κ3) is 11.7. The summed E-state index contributed by atoms with van der Waals surface area (Å²) in [7, 11) is -2.46. The minimum absolute atomic E-state index is 0.277. The fourth-order valence-electron chi connectivity index (χ4n) is 1.99. The Bertz CT molecular complexity index is 170. The van der Waals surface area contributed by atoms with Crippen LogP contribution < -0.4 is 0 Å². The van der Waals surface area contributed by atoms with Crippen molar-refractivity contribution in [2.75, 3.05) is 0 Å². The van der Waals surface area contributed by atoms with Gasteiger partial charge < -0.3 is 0 Å². The van der Waals surface area contributed by atoms with Gasteiger partial charge in [0.1, 0.15) is 0 Å². The van der Waals surface area contributed by atoms with Crippen molar-refractivity contribution in [2.24, 2.45) is 0 Å². The molecule has 0 spiro atoms. The van der Waals surface area contributed by atoms with Gasteiger partial charge in [-0.2, -0.15) is 0 Å². The Labute approximate surface area is 112 Å². The van der Waals surface area contributed by atoms with Crippen molar-refractivity contribution in [1.82, 2.24) is 0 Å². The Morgan fingerprint density at radius 1 is 0.500 bits per heavy atom. The second-order valence-electron chi connectivity index (χ2n) is 8.73. The van der Waals surface area contributed by atoms with Gasteiger partial charge in [0.25, 0.3) is 0 Å². The molecule has 0 saturated carbocycles. The zero-order valence-corrected chi connectivity index (χ0v) is 17.3. The van der Waals surface area contributed by atoms with Gasteiger partial charge in [-0.05, 0) is 0 Å². The van der Waals surface area contributed by atoms with Crippen molar-refractivity contribution in [3.63, 3.8) is 0 Å². The monoisotopic (exact) mass is 313 g/mol. The Kier molecular flexibility index (Phi) is 6.32. The van der Waals surface area contributed by atoms with Crippen molar-refractivity contribution >= 4 is 24.2 Å². The van der Waals surface area contributed by atoms with E-state index >= 15 is 0 Å². The molecule has 0 nitrogen and oxygen atoms in total. The number of hydrogen-bond acceptors (Lipinski definition) is 0. The Balaban J connectivity index is 4.53. The second kappa shape index (κ2) is 5.88. The van der Waals surface area contributed by atoms with E-state index in [1.165, 1.54) is 0 Å². The van der Waals surface area contributed by atoms with Crippen LogP contribution in [-0.2, 0) is 14.1 Å². The number of hydrogen-bond donors (Lipinski definition) is 0. The Morgan fingerprint density at radius 2 is 0.688 bits per heavy atom. The standard InChI is InChI=1S/3C4H11Si.Cr/c3*1-5(2,3)4;/h3*1H2,2-4H3;. The van der Waals surface area contributed by atoms with Crippen LogP contribution in [0.3, 0.4) is 0 Å². The molecule has 0 amide bonds. The molecule has 0 radical (unpaired) electrons. The molecule has 4 heteroatoms. The van der Waals surface area contributed by atoms with E-state index in [1.807, 2.05) is 0 Å². The van der Waals surface area contributed by atoms with E-state index in [-0.39, 0.29) is 14.1 Å². The van der Waals surface area contributed by atoms with Gasteiger partial charge >= 0.3 is 112 Å². The summed E-state index contributed by atoms with van der Waals surface area (Å²) in [4.78, 5) is 5.05. The molecule has 0 saturated heterocycles. The van der Waals surface area contributed by atoms with Crippen molar-refractivity contribution in [1.29, 1.82) is 0 Å². The van der Waals surface area contributed by atoms with E-state index in [0.717, 1.165) is 0 Å². The van der Waals surface area contributed by atoms with Crippen LogP contribution in [0.15, 0.2) is 0 Å². The topological polar surface area (TPSA) is 0 Å². The molecule has 0 unspecified atom stereocenters. The first-order valence-electron chi connectivity index (χ1n) is 6.43. The van der Waals surface area contributed by atoms with Crippen LogP contribution in [0.1, 0.15) is 0 Å². The molecule has 0 aliphatic heterocycles. The fourth-order valence-corrected chi connectivity index (χ4v) is 28.4. The molecule has 0 heterocycles. The third-order valence-electron chi connectivity index (χ3n) is 1.91. The molecule has 0 aromatic rings. The maximum atomic E-state index is 2.57.